The second-order valence-corrected chi connectivity index (χ2v) is 12.2. The fourth-order valence-corrected chi connectivity index (χ4v) is 6.25. The number of hydrogen-bond acceptors (Lipinski definition) is 4. The van der Waals surface area contributed by atoms with Crippen LogP contribution in [0.15, 0.2) is 97.3 Å². The lowest BCUT2D eigenvalue weighted by atomic mass is 9.88. The summed E-state index contributed by atoms with van der Waals surface area (Å²) in [5, 5.41) is 10.1. The number of H-pyrrole nitrogens is 1. The van der Waals surface area contributed by atoms with Gasteiger partial charge >= 0.3 is 0 Å². The summed E-state index contributed by atoms with van der Waals surface area (Å²) < 4.78 is 0. The third kappa shape index (κ3) is 6.20. The van der Waals surface area contributed by atoms with Gasteiger partial charge in [0.1, 0.15) is 5.52 Å². The van der Waals surface area contributed by atoms with Crippen LogP contribution in [0.4, 0.5) is 11.4 Å². The van der Waals surface area contributed by atoms with Crippen LogP contribution in [0, 0.1) is 5.92 Å². The number of aromatic nitrogens is 3. The lowest BCUT2D eigenvalue weighted by Crippen LogP contribution is -2.17. The van der Waals surface area contributed by atoms with Gasteiger partial charge in [-0.1, -0.05) is 86.4 Å². The summed E-state index contributed by atoms with van der Waals surface area (Å²) in [5.74, 6) is 0.899. The maximum atomic E-state index is 6.51. The van der Waals surface area contributed by atoms with Crippen molar-refractivity contribution in [3.8, 4) is 11.3 Å². The average molecular weight is 609 g/mol. The van der Waals surface area contributed by atoms with E-state index >= 15 is 0 Å². The molecule has 3 N–H and O–H groups in total. The summed E-state index contributed by atoms with van der Waals surface area (Å²) in [5.41, 5.74) is 8.87. The van der Waals surface area contributed by atoms with Crippen molar-refractivity contribution in [3.63, 3.8) is 0 Å². The third-order valence-electron chi connectivity index (χ3n) is 8.44. The van der Waals surface area contributed by atoms with E-state index in [1.165, 1.54) is 5.56 Å². The van der Waals surface area contributed by atoms with Crippen molar-refractivity contribution in [3.05, 3.63) is 118 Å². The Morgan fingerprint density at radius 2 is 1.49 bits per heavy atom. The van der Waals surface area contributed by atoms with Gasteiger partial charge in [-0.15, -0.1) is 0 Å². The number of nitrogens with one attached hydrogen (secondary N) is 3. The molecule has 2 aromatic heterocycles. The lowest BCUT2D eigenvalue weighted by Gasteiger charge is -2.23. The maximum Gasteiger partial charge on any atom is 0.112 e. The molecule has 0 aliphatic heterocycles. The summed E-state index contributed by atoms with van der Waals surface area (Å²) in [6.45, 7) is 8.20. The molecule has 0 amide bonds. The van der Waals surface area contributed by atoms with Crippen LogP contribution >= 0.6 is 23.2 Å². The van der Waals surface area contributed by atoms with E-state index in [9.17, 15) is 0 Å². The Kier molecular flexibility index (Phi) is 8.55. The zero-order valence-corrected chi connectivity index (χ0v) is 26.0. The molecule has 43 heavy (non-hydrogen) atoms. The fraction of sp³-hybridized carbons (Fsp3) is 0.222. The van der Waals surface area contributed by atoms with Crippen LogP contribution in [0.2, 0.25) is 10.0 Å². The van der Waals surface area contributed by atoms with Crippen molar-refractivity contribution >= 4 is 56.5 Å². The van der Waals surface area contributed by atoms with Crippen LogP contribution < -0.4 is 10.6 Å². The van der Waals surface area contributed by atoms with E-state index in [4.69, 9.17) is 33.2 Å². The van der Waals surface area contributed by atoms with Gasteiger partial charge in [-0.3, -0.25) is 4.98 Å². The first-order valence-electron chi connectivity index (χ1n) is 14.7. The number of rotatable bonds is 10. The van der Waals surface area contributed by atoms with Gasteiger partial charge in [0.2, 0.25) is 0 Å². The molecule has 0 fully saturated rings. The molecule has 5 nitrogen and oxygen atoms in total. The number of para-hydroxylation sites is 1. The van der Waals surface area contributed by atoms with Crippen LogP contribution in [0.1, 0.15) is 43.7 Å². The van der Waals surface area contributed by atoms with Gasteiger partial charge in [-0.2, -0.15) is 0 Å². The molecular weight excluding hydrogens is 573 g/mol. The minimum atomic E-state index is 0.229. The number of nitrogens with zero attached hydrogens (tertiary/aromatic N) is 2. The van der Waals surface area contributed by atoms with Gasteiger partial charge in [0.25, 0.3) is 0 Å². The van der Waals surface area contributed by atoms with E-state index in [1.807, 2.05) is 54.9 Å². The molecule has 0 bridgehead atoms. The van der Waals surface area contributed by atoms with Crippen molar-refractivity contribution < 1.29 is 0 Å². The third-order valence-corrected chi connectivity index (χ3v) is 9.12. The highest BCUT2D eigenvalue weighted by molar-refractivity contribution is 6.31. The van der Waals surface area contributed by atoms with E-state index in [0.717, 1.165) is 73.3 Å². The molecule has 6 aromatic rings. The monoisotopic (exact) mass is 607 g/mol. The number of fused-ring (bicyclic) bond motifs is 2. The van der Waals surface area contributed by atoms with E-state index in [0.29, 0.717) is 11.8 Å². The predicted octanol–water partition coefficient (Wildman–Crippen LogP) is 10.2. The first-order valence-corrected chi connectivity index (χ1v) is 15.5. The predicted molar refractivity (Wildman–Crippen MR) is 183 cm³/mol. The van der Waals surface area contributed by atoms with E-state index < -0.39 is 0 Å². The second kappa shape index (κ2) is 12.7. The summed E-state index contributed by atoms with van der Waals surface area (Å²) in [7, 11) is 0. The maximum absolute atomic E-state index is 6.51. The Morgan fingerprint density at radius 3 is 2.26 bits per heavy atom. The molecule has 0 saturated carbocycles. The van der Waals surface area contributed by atoms with E-state index in [-0.39, 0.29) is 5.92 Å². The van der Waals surface area contributed by atoms with Crippen molar-refractivity contribution in [1.82, 2.24) is 15.0 Å². The van der Waals surface area contributed by atoms with Crippen molar-refractivity contribution in [2.24, 2.45) is 5.92 Å². The fourth-order valence-electron chi connectivity index (χ4n) is 5.62. The first kappa shape index (κ1) is 29.0. The van der Waals surface area contributed by atoms with Crippen molar-refractivity contribution in [2.45, 2.75) is 32.6 Å². The standard InChI is InChI=1S/C36H35Cl2N5/c1-22(24(3)27-10-5-7-12-30(27)38)19-41-34-18-25(17-33-28(34)15-16-39-33)35-21-42-32-14-8-13-31(36(32)43-35)40-20-23(2)26-9-4-6-11-29(26)37/h4-18,21-24,39-41H,19-20H2,1-3H3. The normalized spacial score (nSPS) is 13.6. The molecule has 218 valence electrons. The highest BCUT2D eigenvalue weighted by Crippen LogP contribution is 2.34. The Morgan fingerprint density at radius 1 is 0.767 bits per heavy atom. The molecule has 0 aliphatic rings. The molecule has 0 radical (unpaired) electrons. The lowest BCUT2D eigenvalue weighted by molar-refractivity contribution is 0.512. The molecule has 0 spiro atoms. The Labute approximate surface area is 262 Å². The molecule has 7 heteroatoms. The first-order chi connectivity index (χ1) is 20.9. The van der Waals surface area contributed by atoms with Crippen LogP contribution in [-0.2, 0) is 0 Å². The highest BCUT2D eigenvalue weighted by atomic mass is 35.5. The van der Waals surface area contributed by atoms with E-state index in [1.54, 1.807) is 0 Å². The SMILES string of the molecule is CC(CNc1cccc2ncc(-c3cc(NCC(C)C(C)c4ccccc4Cl)c4cc[nH]c4c3)nc12)c1ccccc1Cl. The zero-order chi connectivity index (χ0) is 29.9. The molecule has 4 aromatic carbocycles. The topological polar surface area (TPSA) is 65.6 Å². The van der Waals surface area contributed by atoms with Gasteiger partial charge in [-0.05, 0) is 71.3 Å². The average Bonchev–Trinajstić information content (AvgIpc) is 3.51. The Balaban J connectivity index is 1.26. The minimum absolute atomic E-state index is 0.229. The smallest absolute Gasteiger partial charge is 0.112 e. The summed E-state index contributed by atoms with van der Waals surface area (Å²) in [6, 6.07) is 28.6. The van der Waals surface area contributed by atoms with Gasteiger partial charge in [-0.25, -0.2) is 4.98 Å². The Bertz CT molecular complexity index is 1880. The molecule has 0 saturated heterocycles. The molecule has 2 heterocycles. The summed E-state index contributed by atoms with van der Waals surface area (Å²) in [4.78, 5) is 13.3. The number of halogens is 2. The molecule has 3 atom stereocenters. The van der Waals surface area contributed by atoms with Crippen LogP contribution in [-0.4, -0.2) is 28.0 Å². The van der Waals surface area contributed by atoms with Gasteiger partial charge in [0.15, 0.2) is 0 Å². The molecule has 3 unspecified atom stereocenters. The molecule has 6 rings (SSSR count). The number of aromatic amines is 1. The van der Waals surface area contributed by atoms with Gasteiger partial charge < -0.3 is 15.6 Å². The highest BCUT2D eigenvalue weighted by Gasteiger charge is 2.18. The van der Waals surface area contributed by atoms with Crippen molar-refractivity contribution in [2.75, 3.05) is 23.7 Å². The van der Waals surface area contributed by atoms with Crippen LogP contribution in [0.25, 0.3) is 33.2 Å². The second-order valence-electron chi connectivity index (χ2n) is 11.4. The summed E-state index contributed by atoms with van der Waals surface area (Å²) >= 11 is 13.0. The van der Waals surface area contributed by atoms with Crippen molar-refractivity contribution in [1.29, 1.82) is 0 Å². The van der Waals surface area contributed by atoms with Crippen LogP contribution in [0.5, 0.6) is 0 Å². The molecular formula is C36H35Cl2N5. The Hall–Kier alpha value is -4.06. The van der Waals surface area contributed by atoms with Gasteiger partial charge in [0.05, 0.1) is 23.1 Å². The number of hydrogen-bond donors (Lipinski definition) is 3. The minimum Gasteiger partial charge on any atom is -0.384 e. The molecule has 0 aliphatic carbocycles. The van der Waals surface area contributed by atoms with E-state index in [2.05, 4.69) is 78.9 Å². The number of anilines is 2. The largest absolute Gasteiger partial charge is 0.384 e. The quantitative estimate of drug-likeness (QED) is 0.145. The zero-order valence-electron chi connectivity index (χ0n) is 24.5. The number of benzene rings is 4. The van der Waals surface area contributed by atoms with Gasteiger partial charge in [0, 0.05) is 51.5 Å². The van der Waals surface area contributed by atoms with Crippen LogP contribution in [0.3, 0.4) is 0 Å². The summed E-state index contributed by atoms with van der Waals surface area (Å²) in [6.07, 6.45) is 3.83.